The number of carbonyl (C=O) groups excluding carboxylic acids is 1. The van der Waals surface area contributed by atoms with Crippen molar-refractivity contribution in [3.63, 3.8) is 0 Å². The lowest BCUT2D eigenvalue weighted by molar-refractivity contribution is -0.126. The van der Waals surface area contributed by atoms with Crippen LogP contribution in [0.5, 0.6) is 0 Å². The third kappa shape index (κ3) is 2.71. The molecule has 0 radical (unpaired) electrons. The van der Waals surface area contributed by atoms with E-state index in [2.05, 4.69) is 10.2 Å². The fourth-order valence-corrected chi connectivity index (χ4v) is 4.93. The Bertz CT molecular complexity index is 485. The molecule has 0 aromatic rings. The van der Waals surface area contributed by atoms with Crippen LogP contribution in [0, 0.1) is 5.92 Å². The normalized spacial score (nSPS) is 38.0. The van der Waals surface area contributed by atoms with Gasteiger partial charge in [-0.25, -0.2) is 8.42 Å². The minimum absolute atomic E-state index is 0.105. The summed E-state index contributed by atoms with van der Waals surface area (Å²) in [6.45, 7) is 3.66. The molecular weight excluding hydrogens is 278 g/mol. The van der Waals surface area contributed by atoms with E-state index in [4.69, 9.17) is 0 Å². The van der Waals surface area contributed by atoms with Crippen molar-refractivity contribution in [1.29, 1.82) is 0 Å². The summed E-state index contributed by atoms with van der Waals surface area (Å²) < 4.78 is 24.8. The highest BCUT2D eigenvalue weighted by molar-refractivity contribution is 7.88. The van der Waals surface area contributed by atoms with Gasteiger partial charge in [-0.15, -0.1) is 0 Å². The molecule has 6 nitrogen and oxygen atoms in total. The Morgan fingerprint density at radius 2 is 1.85 bits per heavy atom. The minimum Gasteiger partial charge on any atom is -0.350 e. The van der Waals surface area contributed by atoms with Crippen LogP contribution in [0.4, 0.5) is 0 Å². The number of sulfonamides is 1. The Morgan fingerprint density at radius 3 is 2.40 bits per heavy atom. The second-order valence-electron chi connectivity index (χ2n) is 6.28. The molecule has 4 aliphatic rings. The molecule has 4 heterocycles. The second-order valence-corrected chi connectivity index (χ2v) is 8.22. The van der Waals surface area contributed by atoms with Crippen LogP contribution in [-0.2, 0) is 14.8 Å². The summed E-state index contributed by atoms with van der Waals surface area (Å²) in [6.07, 6.45) is 4.88. The maximum Gasteiger partial charge on any atom is 0.238 e. The highest BCUT2D eigenvalue weighted by atomic mass is 32.2. The van der Waals surface area contributed by atoms with E-state index in [9.17, 15) is 13.2 Å². The SMILES string of the molecule is CS(=O)(=O)N1CCCC1C(=O)NC1CN2CCC1CC2. The lowest BCUT2D eigenvalue weighted by Gasteiger charge is -2.45. The van der Waals surface area contributed by atoms with Crippen molar-refractivity contribution in [1.82, 2.24) is 14.5 Å². The molecule has 20 heavy (non-hydrogen) atoms. The molecule has 4 fully saturated rings. The molecule has 0 spiro atoms. The first-order valence-electron chi connectivity index (χ1n) is 7.45. The maximum absolute atomic E-state index is 12.4. The predicted molar refractivity (Wildman–Crippen MR) is 75.7 cm³/mol. The largest absolute Gasteiger partial charge is 0.350 e. The summed E-state index contributed by atoms with van der Waals surface area (Å²) in [5.74, 6) is 0.462. The van der Waals surface area contributed by atoms with E-state index in [1.807, 2.05) is 0 Å². The summed E-state index contributed by atoms with van der Waals surface area (Å²) in [5, 5.41) is 3.11. The molecule has 4 saturated heterocycles. The molecule has 2 atom stereocenters. The molecule has 2 bridgehead atoms. The van der Waals surface area contributed by atoms with Gasteiger partial charge in [0.1, 0.15) is 6.04 Å². The lowest BCUT2D eigenvalue weighted by atomic mass is 9.84. The molecule has 0 aliphatic carbocycles. The number of piperidine rings is 3. The lowest BCUT2D eigenvalue weighted by Crippen LogP contribution is -2.59. The molecule has 0 aromatic carbocycles. The maximum atomic E-state index is 12.4. The third-order valence-corrected chi connectivity index (χ3v) is 6.21. The van der Waals surface area contributed by atoms with Crippen molar-refractivity contribution < 1.29 is 13.2 Å². The fraction of sp³-hybridized carbons (Fsp3) is 0.923. The standard InChI is InChI=1S/C13H23N3O3S/c1-20(18,19)16-6-2-3-12(16)13(17)14-11-9-15-7-4-10(11)5-8-15/h10-12H,2-9H2,1H3,(H,14,17). The van der Waals surface area contributed by atoms with E-state index in [0.717, 1.165) is 38.9 Å². The Hall–Kier alpha value is -0.660. The van der Waals surface area contributed by atoms with Crippen LogP contribution < -0.4 is 5.32 Å². The van der Waals surface area contributed by atoms with E-state index in [1.165, 1.54) is 10.6 Å². The van der Waals surface area contributed by atoms with E-state index >= 15 is 0 Å². The molecule has 1 amide bonds. The van der Waals surface area contributed by atoms with Crippen LogP contribution in [0.2, 0.25) is 0 Å². The molecule has 114 valence electrons. The van der Waals surface area contributed by atoms with Crippen LogP contribution in [0.1, 0.15) is 25.7 Å². The van der Waals surface area contributed by atoms with E-state index in [0.29, 0.717) is 18.9 Å². The quantitative estimate of drug-likeness (QED) is 0.771. The van der Waals surface area contributed by atoms with E-state index in [1.54, 1.807) is 0 Å². The van der Waals surface area contributed by atoms with Crippen molar-refractivity contribution in [2.24, 2.45) is 5.92 Å². The number of nitrogens with zero attached hydrogens (tertiary/aromatic N) is 2. The van der Waals surface area contributed by atoms with Gasteiger partial charge in [0, 0.05) is 19.1 Å². The van der Waals surface area contributed by atoms with Crippen molar-refractivity contribution in [2.75, 3.05) is 32.4 Å². The number of carbonyl (C=O) groups is 1. The predicted octanol–water partition coefficient (Wildman–Crippen LogP) is -0.379. The number of fused-ring (bicyclic) bond motifs is 3. The first-order valence-corrected chi connectivity index (χ1v) is 9.29. The van der Waals surface area contributed by atoms with Gasteiger partial charge in [0.15, 0.2) is 0 Å². The van der Waals surface area contributed by atoms with Gasteiger partial charge < -0.3 is 10.2 Å². The monoisotopic (exact) mass is 301 g/mol. The summed E-state index contributed by atoms with van der Waals surface area (Å²) in [6, 6.07) is -0.299. The first kappa shape index (κ1) is 14.3. The highest BCUT2D eigenvalue weighted by Gasteiger charge is 2.40. The Morgan fingerprint density at radius 1 is 1.15 bits per heavy atom. The van der Waals surface area contributed by atoms with Gasteiger partial charge in [-0.3, -0.25) is 4.79 Å². The van der Waals surface area contributed by atoms with Crippen LogP contribution in [-0.4, -0.2) is 68.0 Å². The van der Waals surface area contributed by atoms with Gasteiger partial charge in [-0.2, -0.15) is 4.31 Å². The summed E-state index contributed by atoms with van der Waals surface area (Å²) in [5.41, 5.74) is 0. The number of rotatable bonds is 3. The smallest absolute Gasteiger partial charge is 0.238 e. The summed E-state index contributed by atoms with van der Waals surface area (Å²) in [4.78, 5) is 14.8. The zero-order valence-electron chi connectivity index (χ0n) is 11.9. The zero-order chi connectivity index (χ0) is 14.3. The van der Waals surface area contributed by atoms with Crippen LogP contribution >= 0.6 is 0 Å². The molecule has 0 saturated carbocycles. The number of amides is 1. The molecule has 0 aromatic heterocycles. The van der Waals surface area contributed by atoms with Gasteiger partial charge in [0.2, 0.25) is 15.9 Å². The number of hydrogen-bond acceptors (Lipinski definition) is 4. The van der Waals surface area contributed by atoms with E-state index in [-0.39, 0.29) is 11.9 Å². The molecule has 7 heteroatoms. The Labute approximate surface area is 120 Å². The van der Waals surface area contributed by atoms with Gasteiger partial charge in [0.25, 0.3) is 0 Å². The summed E-state index contributed by atoms with van der Waals surface area (Å²) in [7, 11) is -3.29. The molecule has 1 N–H and O–H groups in total. The third-order valence-electron chi connectivity index (χ3n) is 4.92. The highest BCUT2D eigenvalue weighted by Crippen LogP contribution is 2.28. The molecule has 2 unspecified atom stereocenters. The van der Waals surface area contributed by atoms with Gasteiger partial charge in [0.05, 0.1) is 6.26 Å². The Kier molecular flexibility index (Phi) is 3.77. The molecule has 4 aliphatic heterocycles. The summed E-state index contributed by atoms with van der Waals surface area (Å²) >= 11 is 0. The van der Waals surface area contributed by atoms with Crippen molar-refractivity contribution in [3.05, 3.63) is 0 Å². The van der Waals surface area contributed by atoms with Crippen LogP contribution in [0.3, 0.4) is 0 Å². The second kappa shape index (κ2) is 5.27. The van der Waals surface area contributed by atoms with Crippen LogP contribution in [0.25, 0.3) is 0 Å². The van der Waals surface area contributed by atoms with Gasteiger partial charge >= 0.3 is 0 Å². The molecular formula is C13H23N3O3S. The Balaban J connectivity index is 1.64. The van der Waals surface area contributed by atoms with Gasteiger partial charge in [-0.05, 0) is 44.7 Å². The van der Waals surface area contributed by atoms with Gasteiger partial charge in [-0.1, -0.05) is 0 Å². The number of hydrogen-bond donors (Lipinski definition) is 1. The van der Waals surface area contributed by atoms with Crippen molar-refractivity contribution in [2.45, 2.75) is 37.8 Å². The first-order chi connectivity index (χ1) is 9.45. The fourth-order valence-electron chi connectivity index (χ4n) is 3.81. The average Bonchev–Trinajstić information content (AvgIpc) is 2.89. The van der Waals surface area contributed by atoms with E-state index < -0.39 is 16.1 Å². The number of nitrogens with one attached hydrogen (secondary N) is 1. The minimum atomic E-state index is -3.29. The van der Waals surface area contributed by atoms with Crippen molar-refractivity contribution in [3.8, 4) is 0 Å². The topological polar surface area (TPSA) is 69.7 Å². The van der Waals surface area contributed by atoms with Crippen LogP contribution in [0.15, 0.2) is 0 Å². The average molecular weight is 301 g/mol. The molecule has 4 rings (SSSR count). The zero-order valence-corrected chi connectivity index (χ0v) is 12.7. The van der Waals surface area contributed by atoms with Crippen molar-refractivity contribution >= 4 is 15.9 Å².